The number of amides is 1. The van der Waals surface area contributed by atoms with Gasteiger partial charge in [0.05, 0.1) is 5.60 Å². The maximum absolute atomic E-state index is 11.9. The summed E-state index contributed by atoms with van der Waals surface area (Å²) >= 11 is 0. The van der Waals surface area contributed by atoms with E-state index in [9.17, 15) is 9.90 Å². The van der Waals surface area contributed by atoms with Crippen molar-refractivity contribution in [1.29, 1.82) is 0 Å². The van der Waals surface area contributed by atoms with Gasteiger partial charge in [0.2, 0.25) is 5.91 Å². The second-order valence-corrected chi connectivity index (χ2v) is 4.72. The van der Waals surface area contributed by atoms with E-state index in [0.717, 1.165) is 6.54 Å². The van der Waals surface area contributed by atoms with Crippen molar-refractivity contribution in [2.75, 3.05) is 26.2 Å². The Balaban J connectivity index is 2.41. The zero-order chi connectivity index (χ0) is 11.5. The number of aliphatic hydroxyl groups is 1. The summed E-state index contributed by atoms with van der Waals surface area (Å²) in [5.74, 6) is 0.146. The highest BCUT2D eigenvalue weighted by molar-refractivity contribution is 5.79. The molecule has 0 aromatic rings. The van der Waals surface area contributed by atoms with Crippen LogP contribution in [0, 0.1) is 5.92 Å². The van der Waals surface area contributed by atoms with Crippen LogP contribution in [0.5, 0.6) is 0 Å². The van der Waals surface area contributed by atoms with Crippen LogP contribution in [-0.4, -0.2) is 47.7 Å². The Morgan fingerprint density at radius 3 is 2.80 bits per heavy atom. The van der Waals surface area contributed by atoms with Gasteiger partial charge in [0, 0.05) is 25.6 Å². The number of carbonyl (C=O) groups excluding carboxylic acids is 1. The van der Waals surface area contributed by atoms with Crippen LogP contribution in [0.3, 0.4) is 0 Å². The number of nitrogens with zero attached hydrogens (tertiary/aromatic N) is 1. The molecule has 1 aliphatic rings. The molecule has 88 valence electrons. The van der Waals surface area contributed by atoms with Crippen LogP contribution in [-0.2, 0) is 4.79 Å². The minimum absolute atomic E-state index is 0.00106. The number of β-amino-alcohol motifs (C(OH)–C–C–N with tert-alkyl or cyclic N) is 1. The minimum atomic E-state index is -0.687. The van der Waals surface area contributed by atoms with E-state index >= 15 is 0 Å². The Labute approximate surface area is 91.6 Å². The molecule has 4 nitrogen and oxygen atoms in total. The molecular formula is C11H22N2O2. The second kappa shape index (κ2) is 4.94. The van der Waals surface area contributed by atoms with Crippen LogP contribution in [0.4, 0.5) is 0 Å². The van der Waals surface area contributed by atoms with E-state index in [4.69, 9.17) is 0 Å². The third kappa shape index (κ3) is 3.47. The van der Waals surface area contributed by atoms with E-state index in [-0.39, 0.29) is 11.8 Å². The summed E-state index contributed by atoms with van der Waals surface area (Å²) in [4.78, 5) is 13.7. The van der Waals surface area contributed by atoms with Crippen LogP contribution in [0.1, 0.15) is 27.2 Å². The first kappa shape index (κ1) is 12.5. The monoisotopic (exact) mass is 214 g/mol. The third-order valence-corrected chi connectivity index (χ3v) is 2.89. The first-order valence-corrected chi connectivity index (χ1v) is 5.68. The predicted octanol–water partition coefficient (Wildman–Crippen LogP) is 0.215. The zero-order valence-corrected chi connectivity index (χ0v) is 9.92. The lowest BCUT2D eigenvalue weighted by atomic mass is 10.1. The van der Waals surface area contributed by atoms with Crippen LogP contribution >= 0.6 is 0 Å². The van der Waals surface area contributed by atoms with Gasteiger partial charge in [-0.2, -0.15) is 0 Å². The summed E-state index contributed by atoms with van der Waals surface area (Å²) < 4.78 is 0. The Hall–Kier alpha value is -0.610. The van der Waals surface area contributed by atoms with Crippen molar-refractivity contribution < 1.29 is 9.90 Å². The van der Waals surface area contributed by atoms with E-state index in [1.807, 2.05) is 13.8 Å². The van der Waals surface area contributed by atoms with Crippen molar-refractivity contribution in [2.24, 2.45) is 5.92 Å². The summed E-state index contributed by atoms with van der Waals surface area (Å²) in [7, 11) is 0. The molecule has 1 heterocycles. The maximum atomic E-state index is 11.9. The fraction of sp³-hybridized carbons (Fsp3) is 0.909. The summed E-state index contributed by atoms with van der Waals surface area (Å²) in [6.07, 6.45) is 0.687. The highest BCUT2D eigenvalue weighted by atomic mass is 16.3. The molecule has 0 aromatic heterocycles. The summed E-state index contributed by atoms with van der Waals surface area (Å²) in [6, 6.07) is 0. The Bertz CT molecular complexity index is 229. The number of nitrogens with one attached hydrogen (secondary N) is 1. The molecule has 2 atom stereocenters. The molecule has 1 saturated heterocycles. The molecule has 0 radical (unpaired) electrons. The summed E-state index contributed by atoms with van der Waals surface area (Å²) in [6.45, 7) is 8.50. The SMILES string of the molecule is CCNCC(C)C(=O)N1CCC(C)(O)C1. The van der Waals surface area contributed by atoms with Gasteiger partial charge in [-0.05, 0) is 19.9 Å². The Kier molecular flexibility index (Phi) is 4.11. The van der Waals surface area contributed by atoms with Crippen molar-refractivity contribution in [3.05, 3.63) is 0 Å². The second-order valence-electron chi connectivity index (χ2n) is 4.72. The maximum Gasteiger partial charge on any atom is 0.226 e. The predicted molar refractivity (Wildman–Crippen MR) is 59.5 cm³/mol. The van der Waals surface area contributed by atoms with Gasteiger partial charge in [-0.3, -0.25) is 4.79 Å². The lowest BCUT2D eigenvalue weighted by Crippen LogP contribution is -2.39. The van der Waals surface area contributed by atoms with Gasteiger partial charge in [0.15, 0.2) is 0 Å². The van der Waals surface area contributed by atoms with Crippen molar-refractivity contribution in [1.82, 2.24) is 10.2 Å². The fourth-order valence-corrected chi connectivity index (χ4v) is 1.89. The van der Waals surface area contributed by atoms with Gasteiger partial charge in [-0.15, -0.1) is 0 Å². The molecule has 0 spiro atoms. The summed E-state index contributed by atoms with van der Waals surface area (Å²) in [5, 5.41) is 12.9. The van der Waals surface area contributed by atoms with Crippen molar-refractivity contribution >= 4 is 5.91 Å². The topological polar surface area (TPSA) is 52.6 Å². The average Bonchev–Trinajstić information content (AvgIpc) is 2.54. The molecule has 0 bridgehead atoms. The fourth-order valence-electron chi connectivity index (χ4n) is 1.89. The van der Waals surface area contributed by atoms with Gasteiger partial charge in [0.25, 0.3) is 0 Å². The molecule has 1 amide bonds. The third-order valence-electron chi connectivity index (χ3n) is 2.89. The van der Waals surface area contributed by atoms with E-state index in [1.54, 1.807) is 11.8 Å². The highest BCUT2D eigenvalue weighted by Crippen LogP contribution is 2.21. The molecule has 1 aliphatic heterocycles. The molecule has 0 aromatic carbocycles. The standard InChI is InChI=1S/C11H22N2O2/c1-4-12-7-9(2)10(14)13-6-5-11(3,15)8-13/h9,12,15H,4-8H2,1-3H3. The summed E-state index contributed by atoms with van der Waals surface area (Å²) in [5.41, 5.74) is -0.687. The minimum Gasteiger partial charge on any atom is -0.388 e. The van der Waals surface area contributed by atoms with Gasteiger partial charge in [0.1, 0.15) is 0 Å². The number of hydrogen-bond donors (Lipinski definition) is 2. The zero-order valence-electron chi connectivity index (χ0n) is 9.92. The van der Waals surface area contributed by atoms with Crippen molar-refractivity contribution in [2.45, 2.75) is 32.8 Å². The van der Waals surface area contributed by atoms with Crippen LogP contribution in [0.15, 0.2) is 0 Å². The lowest BCUT2D eigenvalue weighted by molar-refractivity contribution is -0.134. The molecular weight excluding hydrogens is 192 g/mol. The van der Waals surface area contributed by atoms with Gasteiger partial charge >= 0.3 is 0 Å². The molecule has 1 rings (SSSR count). The average molecular weight is 214 g/mol. The van der Waals surface area contributed by atoms with Crippen LogP contribution in [0.2, 0.25) is 0 Å². The number of rotatable bonds is 4. The van der Waals surface area contributed by atoms with E-state index in [0.29, 0.717) is 26.1 Å². The van der Waals surface area contributed by atoms with E-state index in [2.05, 4.69) is 5.32 Å². The quantitative estimate of drug-likeness (QED) is 0.703. The first-order valence-electron chi connectivity index (χ1n) is 5.68. The molecule has 1 fully saturated rings. The molecule has 4 heteroatoms. The molecule has 0 aliphatic carbocycles. The highest BCUT2D eigenvalue weighted by Gasteiger charge is 2.35. The molecule has 2 unspecified atom stereocenters. The number of hydrogen-bond acceptors (Lipinski definition) is 3. The van der Waals surface area contributed by atoms with E-state index < -0.39 is 5.60 Å². The van der Waals surface area contributed by atoms with Gasteiger partial charge < -0.3 is 15.3 Å². The number of carbonyl (C=O) groups is 1. The molecule has 0 saturated carbocycles. The lowest BCUT2D eigenvalue weighted by Gasteiger charge is -2.22. The van der Waals surface area contributed by atoms with Gasteiger partial charge in [-0.25, -0.2) is 0 Å². The van der Waals surface area contributed by atoms with Crippen molar-refractivity contribution in [3.63, 3.8) is 0 Å². The largest absolute Gasteiger partial charge is 0.388 e. The Morgan fingerprint density at radius 1 is 1.67 bits per heavy atom. The number of likely N-dealkylation sites (tertiary alicyclic amines) is 1. The molecule has 15 heavy (non-hydrogen) atoms. The Morgan fingerprint density at radius 2 is 2.33 bits per heavy atom. The smallest absolute Gasteiger partial charge is 0.226 e. The van der Waals surface area contributed by atoms with Crippen molar-refractivity contribution in [3.8, 4) is 0 Å². The van der Waals surface area contributed by atoms with Crippen LogP contribution < -0.4 is 5.32 Å². The molecule has 2 N–H and O–H groups in total. The van der Waals surface area contributed by atoms with Crippen LogP contribution in [0.25, 0.3) is 0 Å². The van der Waals surface area contributed by atoms with E-state index in [1.165, 1.54) is 0 Å². The first-order chi connectivity index (χ1) is 6.96. The normalized spacial score (nSPS) is 28.1. The van der Waals surface area contributed by atoms with Gasteiger partial charge in [-0.1, -0.05) is 13.8 Å².